The Kier molecular flexibility index (Phi) is 7.28. The summed E-state index contributed by atoms with van der Waals surface area (Å²) < 4.78 is 37.8. The molecule has 1 aliphatic rings. The molecule has 1 fully saturated rings. The van der Waals surface area contributed by atoms with Crippen molar-refractivity contribution in [3.63, 3.8) is 0 Å². The maximum absolute atomic E-state index is 13.9. The van der Waals surface area contributed by atoms with E-state index in [4.69, 9.17) is 9.47 Å². The molecule has 0 aromatic heterocycles. The van der Waals surface area contributed by atoms with Gasteiger partial charge < -0.3 is 14.4 Å². The molecular formula is C27H24F2N2O5. The Morgan fingerprint density at radius 2 is 1.67 bits per heavy atom. The average molecular weight is 494 g/mol. The van der Waals surface area contributed by atoms with Crippen molar-refractivity contribution in [1.82, 2.24) is 4.90 Å². The van der Waals surface area contributed by atoms with Crippen molar-refractivity contribution in [1.29, 1.82) is 0 Å². The molecular weight excluding hydrogens is 470 g/mol. The molecule has 0 bridgehead atoms. The number of carbonyl (C=O) groups is 3. The van der Waals surface area contributed by atoms with Crippen LogP contribution in [0.5, 0.6) is 11.5 Å². The molecule has 0 saturated carbocycles. The van der Waals surface area contributed by atoms with Crippen molar-refractivity contribution in [2.24, 2.45) is 0 Å². The highest BCUT2D eigenvalue weighted by Crippen LogP contribution is 2.30. The van der Waals surface area contributed by atoms with E-state index in [-0.39, 0.29) is 24.2 Å². The molecule has 36 heavy (non-hydrogen) atoms. The first-order chi connectivity index (χ1) is 17.3. The van der Waals surface area contributed by atoms with E-state index in [2.05, 4.69) is 0 Å². The van der Waals surface area contributed by atoms with Crippen LogP contribution in [-0.2, 0) is 16.0 Å². The number of imide groups is 1. The average Bonchev–Trinajstić information content (AvgIpc) is 3.17. The number of ether oxygens (including phenoxy) is 2. The van der Waals surface area contributed by atoms with Crippen LogP contribution in [0.2, 0.25) is 0 Å². The van der Waals surface area contributed by atoms with Crippen molar-refractivity contribution in [2.45, 2.75) is 18.9 Å². The fourth-order valence-corrected chi connectivity index (χ4v) is 4.19. The molecule has 0 aliphatic carbocycles. The minimum absolute atomic E-state index is 0.0581. The Bertz CT molecular complexity index is 1300. The van der Waals surface area contributed by atoms with Crippen LogP contribution in [0.1, 0.15) is 22.3 Å². The molecule has 3 amide bonds. The largest absolute Gasteiger partial charge is 0.493 e. The number of anilines is 1. The minimum atomic E-state index is -1.10. The van der Waals surface area contributed by atoms with Crippen LogP contribution in [0, 0.1) is 11.6 Å². The van der Waals surface area contributed by atoms with Crippen molar-refractivity contribution in [3.05, 3.63) is 89.5 Å². The van der Waals surface area contributed by atoms with Crippen molar-refractivity contribution in [3.8, 4) is 11.5 Å². The molecule has 3 aromatic carbocycles. The van der Waals surface area contributed by atoms with Crippen LogP contribution in [0.25, 0.3) is 0 Å². The molecule has 1 saturated heterocycles. The predicted molar refractivity (Wildman–Crippen MR) is 128 cm³/mol. The van der Waals surface area contributed by atoms with Gasteiger partial charge in [0.25, 0.3) is 11.8 Å². The van der Waals surface area contributed by atoms with Gasteiger partial charge in [0, 0.05) is 12.1 Å². The zero-order valence-corrected chi connectivity index (χ0v) is 19.7. The lowest BCUT2D eigenvalue weighted by atomic mass is 10.1. The van der Waals surface area contributed by atoms with E-state index in [1.54, 1.807) is 18.2 Å². The van der Waals surface area contributed by atoms with E-state index in [1.165, 1.54) is 49.5 Å². The van der Waals surface area contributed by atoms with Gasteiger partial charge >= 0.3 is 0 Å². The van der Waals surface area contributed by atoms with E-state index in [0.29, 0.717) is 17.9 Å². The van der Waals surface area contributed by atoms with Gasteiger partial charge in [-0.1, -0.05) is 12.1 Å². The van der Waals surface area contributed by atoms with Gasteiger partial charge in [0.2, 0.25) is 5.91 Å². The van der Waals surface area contributed by atoms with E-state index in [1.807, 2.05) is 0 Å². The number of hydrogen-bond donors (Lipinski definition) is 0. The fraction of sp³-hybridized carbons (Fsp3) is 0.222. The van der Waals surface area contributed by atoms with Crippen LogP contribution in [-0.4, -0.2) is 49.4 Å². The highest BCUT2D eigenvalue weighted by Gasteiger charge is 2.44. The van der Waals surface area contributed by atoms with E-state index < -0.39 is 35.4 Å². The second-order valence-electron chi connectivity index (χ2n) is 8.21. The molecule has 0 radical (unpaired) electrons. The molecule has 4 rings (SSSR count). The van der Waals surface area contributed by atoms with Crippen molar-refractivity contribution < 1.29 is 32.6 Å². The van der Waals surface area contributed by atoms with Crippen LogP contribution in [0.4, 0.5) is 14.5 Å². The number of amides is 3. The molecule has 186 valence electrons. The number of halogens is 2. The number of carbonyl (C=O) groups excluding carboxylic acids is 3. The Hall–Kier alpha value is -4.27. The molecule has 3 aromatic rings. The summed E-state index contributed by atoms with van der Waals surface area (Å²) >= 11 is 0. The van der Waals surface area contributed by atoms with Gasteiger partial charge in [-0.25, -0.2) is 13.7 Å². The van der Waals surface area contributed by atoms with E-state index in [9.17, 15) is 23.2 Å². The molecule has 0 unspecified atom stereocenters. The summed E-state index contributed by atoms with van der Waals surface area (Å²) in [4.78, 5) is 41.8. The number of rotatable bonds is 8. The number of nitrogens with zero attached hydrogens (tertiary/aromatic N) is 2. The molecule has 7 nitrogen and oxygen atoms in total. The summed E-state index contributed by atoms with van der Waals surface area (Å²) in [6.45, 7) is 0.0752. The van der Waals surface area contributed by atoms with E-state index >= 15 is 0 Å². The Morgan fingerprint density at radius 1 is 0.944 bits per heavy atom. The summed E-state index contributed by atoms with van der Waals surface area (Å²) in [5.41, 5.74) is 1.08. The van der Waals surface area contributed by atoms with Gasteiger partial charge in [-0.3, -0.25) is 14.4 Å². The highest BCUT2D eigenvalue weighted by atomic mass is 19.1. The van der Waals surface area contributed by atoms with Crippen molar-refractivity contribution in [2.75, 3.05) is 25.7 Å². The van der Waals surface area contributed by atoms with Crippen LogP contribution >= 0.6 is 0 Å². The highest BCUT2D eigenvalue weighted by molar-refractivity contribution is 6.23. The normalized spacial score (nSPS) is 15.2. The smallest absolute Gasteiger partial charge is 0.257 e. The lowest BCUT2D eigenvalue weighted by Crippen LogP contribution is -2.46. The van der Waals surface area contributed by atoms with Gasteiger partial charge in [0.15, 0.2) is 11.5 Å². The van der Waals surface area contributed by atoms with Crippen LogP contribution < -0.4 is 14.4 Å². The van der Waals surface area contributed by atoms with Gasteiger partial charge in [-0.2, -0.15) is 0 Å². The quantitative estimate of drug-likeness (QED) is 0.443. The maximum Gasteiger partial charge on any atom is 0.257 e. The molecule has 9 heteroatoms. The monoisotopic (exact) mass is 494 g/mol. The summed E-state index contributed by atoms with van der Waals surface area (Å²) in [6, 6.07) is 14.3. The van der Waals surface area contributed by atoms with Crippen LogP contribution in [0.3, 0.4) is 0 Å². The molecule has 0 spiro atoms. The third kappa shape index (κ3) is 5.05. The number of benzene rings is 3. The first-order valence-corrected chi connectivity index (χ1v) is 11.2. The number of methoxy groups -OCH3 is 2. The number of hydrogen-bond acceptors (Lipinski definition) is 5. The Morgan fingerprint density at radius 3 is 2.33 bits per heavy atom. The maximum atomic E-state index is 13.9. The third-order valence-corrected chi connectivity index (χ3v) is 6.01. The zero-order chi connectivity index (χ0) is 25.8. The molecule has 1 aliphatic heterocycles. The lowest BCUT2D eigenvalue weighted by molar-refractivity contribution is -0.122. The van der Waals surface area contributed by atoms with Gasteiger partial charge in [0.1, 0.15) is 17.7 Å². The van der Waals surface area contributed by atoms with Crippen molar-refractivity contribution >= 4 is 23.4 Å². The topological polar surface area (TPSA) is 76.2 Å². The molecule has 0 N–H and O–H groups in total. The third-order valence-electron chi connectivity index (χ3n) is 6.01. The summed E-state index contributed by atoms with van der Waals surface area (Å²) in [5, 5.41) is 0. The summed E-state index contributed by atoms with van der Waals surface area (Å²) in [7, 11) is 3.03. The second kappa shape index (κ2) is 10.6. The standard InChI is InChI=1S/C27H24F2N2O5/c1-35-23-11-6-17(14-24(23)36-2)12-13-30(26(33)18-4-3-5-20(29)15-18)22-16-25(32)31(27(22)34)21-9-7-19(28)8-10-21/h3-11,14-15,22H,12-13,16H2,1-2H3/t22-/m1/s1. The Labute approximate surface area is 206 Å². The molecule has 1 atom stereocenters. The van der Waals surface area contributed by atoms with E-state index in [0.717, 1.165) is 28.7 Å². The molecule has 1 heterocycles. The first kappa shape index (κ1) is 24.8. The first-order valence-electron chi connectivity index (χ1n) is 11.2. The SMILES string of the molecule is COc1ccc(CCN(C(=O)c2cccc(F)c2)[C@@H]2CC(=O)N(c3ccc(F)cc3)C2=O)cc1OC. The zero-order valence-electron chi connectivity index (χ0n) is 19.7. The van der Waals surface area contributed by atoms with Gasteiger partial charge in [0.05, 0.1) is 26.3 Å². The second-order valence-corrected chi connectivity index (χ2v) is 8.21. The van der Waals surface area contributed by atoms with Gasteiger partial charge in [-0.05, 0) is 66.6 Å². The summed E-state index contributed by atoms with van der Waals surface area (Å²) in [6.07, 6.45) is 0.0825. The van der Waals surface area contributed by atoms with Crippen LogP contribution in [0.15, 0.2) is 66.7 Å². The lowest BCUT2D eigenvalue weighted by Gasteiger charge is -2.28. The summed E-state index contributed by atoms with van der Waals surface area (Å²) in [5.74, 6) is -1.76. The van der Waals surface area contributed by atoms with Gasteiger partial charge in [-0.15, -0.1) is 0 Å². The Balaban J connectivity index is 1.64. The fourth-order valence-electron chi connectivity index (χ4n) is 4.19. The predicted octanol–water partition coefficient (Wildman–Crippen LogP) is 4.00. The minimum Gasteiger partial charge on any atom is -0.493 e.